The van der Waals surface area contributed by atoms with Gasteiger partial charge in [-0.05, 0) is 36.6 Å². The average molecular weight is 395 g/mol. The van der Waals surface area contributed by atoms with Crippen LogP contribution in [0, 0.1) is 5.92 Å². The molecule has 2 N–H and O–H groups in total. The Morgan fingerprint density at radius 3 is 2.23 bits per heavy atom. The Balaban J connectivity index is 2.11. The summed E-state index contributed by atoms with van der Waals surface area (Å²) < 4.78 is 27.3. The number of hydrogen-bond donors (Lipinski definition) is 2. The highest BCUT2D eigenvalue weighted by Gasteiger charge is 2.25. The summed E-state index contributed by atoms with van der Waals surface area (Å²) in [7, 11) is -3.84. The zero-order valence-electron chi connectivity index (χ0n) is 14.9. The van der Waals surface area contributed by atoms with Gasteiger partial charge in [-0.3, -0.25) is 4.79 Å². The molecule has 0 spiro atoms. The SMILES string of the molecule is CC(NS(=O)(=O)c1cccc(Cl)c1)C(=O)NC(c1ccccc1)C(C)C. The molecule has 2 rings (SSSR count). The first kappa shape index (κ1) is 20.4. The molecular weight excluding hydrogens is 372 g/mol. The molecule has 0 aliphatic rings. The lowest BCUT2D eigenvalue weighted by Gasteiger charge is -2.25. The second-order valence-electron chi connectivity index (χ2n) is 6.44. The van der Waals surface area contributed by atoms with Crippen LogP contribution in [0.15, 0.2) is 59.5 Å². The highest BCUT2D eigenvalue weighted by Crippen LogP contribution is 2.21. The number of amides is 1. The van der Waals surface area contributed by atoms with Gasteiger partial charge in [0, 0.05) is 5.02 Å². The van der Waals surface area contributed by atoms with Crippen LogP contribution >= 0.6 is 11.6 Å². The van der Waals surface area contributed by atoms with Crippen molar-refractivity contribution in [2.45, 2.75) is 37.8 Å². The first-order valence-electron chi connectivity index (χ1n) is 8.34. The zero-order valence-corrected chi connectivity index (χ0v) is 16.5. The molecule has 0 saturated heterocycles. The molecule has 0 bridgehead atoms. The number of hydrogen-bond acceptors (Lipinski definition) is 3. The summed E-state index contributed by atoms with van der Waals surface area (Å²) in [5, 5.41) is 3.24. The topological polar surface area (TPSA) is 75.3 Å². The molecular formula is C19H23ClN2O3S. The van der Waals surface area contributed by atoms with E-state index in [2.05, 4.69) is 10.0 Å². The number of carbonyl (C=O) groups is 1. The van der Waals surface area contributed by atoms with Gasteiger partial charge in [0.15, 0.2) is 0 Å². The highest BCUT2D eigenvalue weighted by molar-refractivity contribution is 7.89. The number of nitrogens with one attached hydrogen (secondary N) is 2. The van der Waals surface area contributed by atoms with E-state index in [1.165, 1.54) is 19.1 Å². The minimum atomic E-state index is -3.84. The second-order valence-corrected chi connectivity index (χ2v) is 8.59. The molecule has 2 atom stereocenters. The smallest absolute Gasteiger partial charge is 0.241 e. The predicted octanol–water partition coefficient (Wildman–Crippen LogP) is 3.52. The Labute approximate surface area is 159 Å². The first-order chi connectivity index (χ1) is 12.2. The number of sulfonamides is 1. The minimum Gasteiger partial charge on any atom is -0.348 e. The Hall–Kier alpha value is -1.89. The summed E-state index contributed by atoms with van der Waals surface area (Å²) in [4.78, 5) is 12.6. The zero-order chi connectivity index (χ0) is 19.3. The molecule has 7 heteroatoms. The molecule has 0 heterocycles. The lowest BCUT2D eigenvalue weighted by molar-refractivity contribution is -0.123. The van der Waals surface area contributed by atoms with Crippen molar-refractivity contribution in [3.63, 3.8) is 0 Å². The number of benzene rings is 2. The van der Waals surface area contributed by atoms with Gasteiger partial charge in [-0.1, -0.05) is 61.8 Å². The fourth-order valence-electron chi connectivity index (χ4n) is 2.56. The van der Waals surface area contributed by atoms with Crippen LogP contribution in [-0.2, 0) is 14.8 Å². The van der Waals surface area contributed by atoms with E-state index in [0.29, 0.717) is 5.02 Å². The van der Waals surface area contributed by atoms with Crippen molar-refractivity contribution in [1.82, 2.24) is 10.0 Å². The summed E-state index contributed by atoms with van der Waals surface area (Å²) in [6.45, 7) is 5.51. The maximum Gasteiger partial charge on any atom is 0.241 e. The second kappa shape index (κ2) is 8.66. The fraction of sp³-hybridized carbons (Fsp3) is 0.316. The van der Waals surface area contributed by atoms with Gasteiger partial charge < -0.3 is 5.32 Å². The van der Waals surface area contributed by atoms with Crippen molar-refractivity contribution in [1.29, 1.82) is 0 Å². The predicted molar refractivity (Wildman–Crippen MR) is 103 cm³/mol. The largest absolute Gasteiger partial charge is 0.348 e. The maximum absolute atomic E-state index is 12.5. The quantitative estimate of drug-likeness (QED) is 0.754. The van der Waals surface area contributed by atoms with E-state index in [1.54, 1.807) is 12.1 Å². The van der Waals surface area contributed by atoms with E-state index in [0.717, 1.165) is 5.56 Å². The summed E-state index contributed by atoms with van der Waals surface area (Å²) >= 11 is 5.85. The molecule has 2 aromatic carbocycles. The molecule has 26 heavy (non-hydrogen) atoms. The van der Waals surface area contributed by atoms with Gasteiger partial charge >= 0.3 is 0 Å². The molecule has 2 aromatic rings. The van der Waals surface area contributed by atoms with Gasteiger partial charge in [0.2, 0.25) is 15.9 Å². The fourth-order valence-corrected chi connectivity index (χ4v) is 4.07. The van der Waals surface area contributed by atoms with E-state index in [1.807, 2.05) is 44.2 Å². The van der Waals surface area contributed by atoms with Crippen LogP contribution in [-0.4, -0.2) is 20.4 Å². The molecule has 5 nitrogen and oxygen atoms in total. The van der Waals surface area contributed by atoms with E-state index >= 15 is 0 Å². The van der Waals surface area contributed by atoms with Gasteiger partial charge in [-0.25, -0.2) is 8.42 Å². The Kier molecular flexibility index (Phi) is 6.81. The van der Waals surface area contributed by atoms with E-state index in [4.69, 9.17) is 11.6 Å². The molecule has 0 saturated carbocycles. The molecule has 140 valence electrons. The molecule has 0 fully saturated rings. The van der Waals surface area contributed by atoms with Crippen LogP contribution in [0.1, 0.15) is 32.4 Å². The van der Waals surface area contributed by atoms with Gasteiger partial charge in [-0.15, -0.1) is 0 Å². The van der Waals surface area contributed by atoms with Crippen LogP contribution in [0.5, 0.6) is 0 Å². The lowest BCUT2D eigenvalue weighted by atomic mass is 9.96. The van der Waals surface area contributed by atoms with Gasteiger partial charge in [0.1, 0.15) is 0 Å². The maximum atomic E-state index is 12.5. The van der Waals surface area contributed by atoms with Crippen molar-refractivity contribution in [2.75, 3.05) is 0 Å². The molecule has 1 amide bonds. The van der Waals surface area contributed by atoms with Crippen molar-refractivity contribution in [3.05, 3.63) is 65.2 Å². The van der Waals surface area contributed by atoms with E-state index < -0.39 is 22.0 Å². The Bertz CT molecular complexity index is 854. The molecule has 0 aromatic heterocycles. The van der Waals surface area contributed by atoms with Crippen LogP contribution in [0.2, 0.25) is 5.02 Å². The van der Waals surface area contributed by atoms with Crippen LogP contribution in [0.3, 0.4) is 0 Å². The third-order valence-electron chi connectivity index (χ3n) is 3.95. The molecule has 0 aliphatic heterocycles. The van der Waals surface area contributed by atoms with Crippen molar-refractivity contribution >= 4 is 27.5 Å². The Morgan fingerprint density at radius 2 is 1.65 bits per heavy atom. The van der Waals surface area contributed by atoms with Crippen LogP contribution in [0.4, 0.5) is 0 Å². The molecule has 0 aliphatic carbocycles. The minimum absolute atomic E-state index is 0.0214. The lowest BCUT2D eigenvalue weighted by Crippen LogP contribution is -2.46. The average Bonchev–Trinajstić information content (AvgIpc) is 2.59. The third kappa shape index (κ3) is 5.30. The Morgan fingerprint density at radius 1 is 1.00 bits per heavy atom. The van der Waals surface area contributed by atoms with Crippen molar-refractivity contribution < 1.29 is 13.2 Å². The van der Waals surface area contributed by atoms with Crippen LogP contribution in [0.25, 0.3) is 0 Å². The van der Waals surface area contributed by atoms with E-state index in [9.17, 15) is 13.2 Å². The molecule has 2 unspecified atom stereocenters. The van der Waals surface area contributed by atoms with Gasteiger partial charge in [0.05, 0.1) is 17.0 Å². The molecule has 0 radical (unpaired) electrons. The van der Waals surface area contributed by atoms with Gasteiger partial charge in [0.25, 0.3) is 0 Å². The summed E-state index contributed by atoms with van der Waals surface area (Å²) in [5.74, 6) is -0.240. The first-order valence-corrected chi connectivity index (χ1v) is 10.2. The normalized spacial score (nSPS) is 14.0. The van der Waals surface area contributed by atoms with Crippen molar-refractivity contribution in [3.8, 4) is 0 Å². The summed E-state index contributed by atoms with van der Waals surface area (Å²) in [6.07, 6.45) is 0. The highest BCUT2D eigenvalue weighted by atomic mass is 35.5. The summed E-state index contributed by atoms with van der Waals surface area (Å²) in [5.41, 5.74) is 0.973. The number of halogens is 1. The number of rotatable bonds is 7. The van der Waals surface area contributed by atoms with Crippen LogP contribution < -0.4 is 10.0 Å². The summed E-state index contributed by atoms with van der Waals surface area (Å²) in [6, 6.07) is 14.4. The third-order valence-corrected chi connectivity index (χ3v) is 5.73. The standard InChI is InChI=1S/C19H23ClN2O3S/c1-13(2)18(15-8-5-4-6-9-15)21-19(23)14(3)22-26(24,25)17-11-7-10-16(20)12-17/h4-14,18,22H,1-3H3,(H,21,23). The monoisotopic (exact) mass is 394 g/mol. The van der Waals surface area contributed by atoms with Crippen molar-refractivity contribution in [2.24, 2.45) is 5.92 Å². The van der Waals surface area contributed by atoms with E-state index in [-0.39, 0.29) is 16.9 Å². The number of carbonyl (C=O) groups excluding carboxylic acids is 1. The van der Waals surface area contributed by atoms with Gasteiger partial charge in [-0.2, -0.15) is 4.72 Å².